The van der Waals surface area contributed by atoms with Crippen LogP contribution in [0.5, 0.6) is 0 Å². The van der Waals surface area contributed by atoms with Gasteiger partial charge in [0.2, 0.25) is 0 Å². The van der Waals surface area contributed by atoms with Crippen LogP contribution in [-0.4, -0.2) is 38.6 Å². The first-order chi connectivity index (χ1) is 20.7. The molecule has 42 heavy (non-hydrogen) atoms. The summed E-state index contributed by atoms with van der Waals surface area (Å²) in [7, 11) is 4.31. The van der Waals surface area contributed by atoms with E-state index in [1.165, 1.54) is 67.6 Å². The lowest BCUT2D eigenvalue weighted by molar-refractivity contribution is -0.554. The number of rotatable bonds is 8. The Morgan fingerprint density at radius 1 is 0.833 bits per heavy atom. The van der Waals surface area contributed by atoms with E-state index in [1.54, 1.807) is 0 Å². The molecule has 3 heterocycles. The van der Waals surface area contributed by atoms with E-state index in [-0.39, 0.29) is 0 Å². The summed E-state index contributed by atoms with van der Waals surface area (Å²) in [6, 6.07) is 39.8. The number of anilines is 2. The fourth-order valence-electron chi connectivity index (χ4n) is 6.24. The molecule has 0 atom stereocenters. The Kier molecular flexibility index (Phi) is 7.45. The number of thioether (sulfide) groups is 1. The minimum atomic E-state index is 0.839. The summed E-state index contributed by atoms with van der Waals surface area (Å²) in [5.74, 6) is 1.21. The summed E-state index contributed by atoms with van der Waals surface area (Å²) in [5.41, 5.74) is 7.87. The number of para-hydroxylation sites is 3. The molecular weight excluding hydrogens is 533 g/mol. The first-order valence-electron chi connectivity index (χ1n) is 14.9. The number of hydrogen-bond acceptors (Lipinski definition) is 4. The van der Waals surface area contributed by atoms with E-state index in [9.17, 15) is 0 Å². The van der Waals surface area contributed by atoms with E-state index < -0.39 is 0 Å². The Hall–Kier alpha value is -4.06. The van der Waals surface area contributed by atoms with E-state index in [0.717, 1.165) is 26.2 Å². The van der Waals surface area contributed by atoms with Crippen molar-refractivity contribution in [3.8, 4) is 5.69 Å². The third kappa shape index (κ3) is 5.19. The van der Waals surface area contributed by atoms with Crippen LogP contribution >= 0.6 is 11.8 Å². The van der Waals surface area contributed by atoms with Gasteiger partial charge in [0, 0.05) is 29.4 Å². The smallest absolute Gasteiger partial charge is 0.283 e. The van der Waals surface area contributed by atoms with Crippen molar-refractivity contribution in [2.45, 2.75) is 24.3 Å². The first-order valence-corrected chi connectivity index (χ1v) is 15.7. The zero-order valence-corrected chi connectivity index (χ0v) is 25.2. The van der Waals surface area contributed by atoms with Gasteiger partial charge in [0.15, 0.2) is 0 Å². The average molecular weight is 570 g/mol. The maximum Gasteiger partial charge on any atom is 0.283 e. The molecule has 0 N–H and O–H groups in total. The molecule has 5 aromatic rings. The molecule has 4 nitrogen and oxygen atoms in total. The van der Waals surface area contributed by atoms with Crippen LogP contribution in [0.4, 0.5) is 11.5 Å². The molecule has 1 aromatic heterocycles. The molecule has 7 rings (SSSR count). The van der Waals surface area contributed by atoms with Gasteiger partial charge in [0.05, 0.1) is 17.3 Å². The predicted molar refractivity (Wildman–Crippen MR) is 177 cm³/mol. The number of aryl methyl sites for hydroxylation is 1. The Labute approximate surface area is 253 Å². The number of benzene rings is 4. The van der Waals surface area contributed by atoms with Crippen molar-refractivity contribution in [3.63, 3.8) is 0 Å². The van der Waals surface area contributed by atoms with Gasteiger partial charge in [-0.15, -0.1) is 0 Å². The van der Waals surface area contributed by atoms with Crippen LogP contribution in [0, 0.1) is 0 Å². The zero-order valence-electron chi connectivity index (χ0n) is 24.4. The highest BCUT2D eigenvalue weighted by Gasteiger charge is 2.31. The summed E-state index contributed by atoms with van der Waals surface area (Å²) in [5, 5.41) is 2.59. The maximum atomic E-state index is 2.55. The highest BCUT2D eigenvalue weighted by atomic mass is 32.2. The molecule has 0 amide bonds. The minimum Gasteiger partial charge on any atom is -0.335 e. The van der Waals surface area contributed by atoms with Gasteiger partial charge < -0.3 is 9.80 Å². The van der Waals surface area contributed by atoms with Gasteiger partial charge >= 0.3 is 0 Å². The number of nitrogens with zero attached hydrogens (tertiary/aromatic N) is 4. The molecule has 4 aromatic carbocycles. The fraction of sp³-hybridized carbons (Fsp3) is 0.216. The molecule has 5 heteroatoms. The monoisotopic (exact) mass is 569 g/mol. The van der Waals surface area contributed by atoms with Crippen LogP contribution in [0.2, 0.25) is 0 Å². The molecular formula is C37H37N4S+. The van der Waals surface area contributed by atoms with Crippen LogP contribution < -0.4 is 14.4 Å². The van der Waals surface area contributed by atoms with Crippen molar-refractivity contribution in [3.05, 3.63) is 131 Å². The normalized spacial score (nSPS) is 15.0. The largest absolute Gasteiger partial charge is 0.335 e. The summed E-state index contributed by atoms with van der Waals surface area (Å²) in [6.45, 7) is 3.80. The van der Waals surface area contributed by atoms with Crippen LogP contribution in [0.15, 0.2) is 119 Å². The van der Waals surface area contributed by atoms with Gasteiger partial charge in [0.1, 0.15) is 17.7 Å². The second-order valence-corrected chi connectivity index (χ2v) is 12.5. The number of aromatic nitrogens is 1. The first kappa shape index (κ1) is 26.8. The summed E-state index contributed by atoms with van der Waals surface area (Å²) in [4.78, 5) is 8.76. The van der Waals surface area contributed by atoms with Crippen molar-refractivity contribution in [2.75, 3.05) is 43.5 Å². The molecule has 0 fully saturated rings. The molecule has 0 bridgehead atoms. The van der Waals surface area contributed by atoms with Crippen molar-refractivity contribution in [1.29, 1.82) is 0 Å². The van der Waals surface area contributed by atoms with Gasteiger partial charge in [0.25, 0.3) is 5.82 Å². The van der Waals surface area contributed by atoms with Crippen molar-refractivity contribution >= 4 is 40.2 Å². The van der Waals surface area contributed by atoms with Gasteiger partial charge in [-0.1, -0.05) is 90.6 Å². The third-order valence-corrected chi connectivity index (χ3v) is 9.38. The number of fused-ring (bicyclic) bond motifs is 1. The van der Waals surface area contributed by atoms with Crippen LogP contribution in [-0.2, 0) is 13.0 Å². The van der Waals surface area contributed by atoms with Crippen molar-refractivity contribution in [2.24, 2.45) is 0 Å². The summed E-state index contributed by atoms with van der Waals surface area (Å²) < 4.78 is 2.45. The second-order valence-electron chi connectivity index (χ2n) is 11.5. The van der Waals surface area contributed by atoms with Crippen molar-refractivity contribution < 1.29 is 4.57 Å². The number of likely N-dealkylation sites (N-methyl/N-ethyl adjacent to an activating group) is 1. The van der Waals surface area contributed by atoms with E-state index in [4.69, 9.17) is 0 Å². The highest BCUT2D eigenvalue weighted by molar-refractivity contribution is 8.03. The minimum absolute atomic E-state index is 0.839. The quantitative estimate of drug-likeness (QED) is 0.179. The average Bonchev–Trinajstić information content (AvgIpc) is 3.38. The molecule has 2 aliphatic heterocycles. The molecule has 0 spiro atoms. The van der Waals surface area contributed by atoms with Crippen LogP contribution in [0.3, 0.4) is 0 Å². The van der Waals surface area contributed by atoms with E-state index >= 15 is 0 Å². The van der Waals surface area contributed by atoms with Gasteiger partial charge in [-0.05, 0) is 74.0 Å². The molecule has 0 saturated heterocycles. The standard InChI is InChI=1S/C37H37N4S/c1-38(2)23-24-39(27-28-13-5-3-6-14-28)35-25-30(26-36-40-22-12-16-29-15-11-21-34(42-36)37(29)40)32-19-9-10-20-33(32)41(35)31-17-7-4-8-18-31/h3-11,13-15,17-21,25-26H,12,16,22-24,27H2,1-2H3/q+1. The van der Waals surface area contributed by atoms with Gasteiger partial charge in [-0.25, -0.2) is 0 Å². The molecule has 0 saturated carbocycles. The lowest BCUT2D eigenvalue weighted by Gasteiger charge is -2.27. The predicted octanol–water partition coefficient (Wildman–Crippen LogP) is 7.54. The topological polar surface area (TPSA) is 13.6 Å². The van der Waals surface area contributed by atoms with E-state index in [2.05, 4.69) is 149 Å². The van der Waals surface area contributed by atoms with Gasteiger partial charge in [-0.2, -0.15) is 4.57 Å². The summed E-state index contributed by atoms with van der Waals surface area (Å²) >= 11 is 1.92. The molecule has 2 aliphatic rings. The third-order valence-electron chi connectivity index (χ3n) is 8.28. The Bertz CT molecular complexity index is 1750. The van der Waals surface area contributed by atoms with Gasteiger partial charge in [-0.3, -0.25) is 4.90 Å². The molecule has 210 valence electrons. The summed E-state index contributed by atoms with van der Waals surface area (Å²) in [6.07, 6.45) is 4.80. The SMILES string of the molecule is CN(C)CCN(Cc1ccccc1)c1cc(/C=C2/Sc3cccc4c3N2CCC4)c2ccccc2[n+]1-c1ccccc1. The van der Waals surface area contributed by atoms with Crippen LogP contribution in [0.1, 0.15) is 23.1 Å². The Morgan fingerprint density at radius 3 is 2.40 bits per heavy atom. The van der Waals surface area contributed by atoms with Crippen LogP contribution in [0.25, 0.3) is 22.7 Å². The van der Waals surface area contributed by atoms with E-state index in [0.29, 0.717) is 0 Å². The molecule has 0 radical (unpaired) electrons. The highest BCUT2D eigenvalue weighted by Crippen LogP contribution is 2.50. The Balaban J connectivity index is 1.43. The number of hydrogen-bond donors (Lipinski definition) is 0. The molecule has 0 unspecified atom stereocenters. The van der Waals surface area contributed by atoms with Crippen molar-refractivity contribution in [1.82, 2.24) is 4.90 Å². The van der Waals surface area contributed by atoms with E-state index in [1.807, 2.05) is 11.8 Å². The lowest BCUT2D eigenvalue weighted by atomic mass is 10.0. The lowest BCUT2D eigenvalue weighted by Crippen LogP contribution is -2.43. The molecule has 0 aliphatic carbocycles. The maximum absolute atomic E-state index is 2.55. The Morgan fingerprint density at radius 2 is 1.60 bits per heavy atom. The second kappa shape index (κ2) is 11.7. The zero-order chi connectivity index (χ0) is 28.5. The fourth-order valence-corrected chi connectivity index (χ4v) is 7.43. The number of pyridine rings is 1.